The molecule has 1 aromatic heterocycles. The van der Waals surface area contributed by atoms with Crippen LogP contribution >= 0.6 is 0 Å². The fourth-order valence-electron chi connectivity index (χ4n) is 1.73. The molecule has 1 fully saturated rings. The van der Waals surface area contributed by atoms with Gasteiger partial charge in [-0.3, -0.25) is 0 Å². The van der Waals surface area contributed by atoms with Crippen molar-refractivity contribution in [2.24, 2.45) is 0 Å². The Morgan fingerprint density at radius 2 is 2.44 bits per heavy atom. The fraction of sp³-hybridized carbons (Fsp3) is 0.800. The maximum atomic E-state index is 5.26. The molecule has 2 atom stereocenters. The summed E-state index contributed by atoms with van der Waals surface area (Å²) < 4.78 is 15.6. The molecule has 2 heterocycles. The topological polar surface area (TPSA) is 69.4 Å². The second-order valence-corrected chi connectivity index (χ2v) is 3.74. The van der Waals surface area contributed by atoms with Crippen LogP contribution in [0.5, 0.6) is 0 Å². The molecule has 16 heavy (non-hydrogen) atoms. The van der Waals surface area contributed by atoms with Gasteiger partial charge in [-0.2, -0.15) is 4.98 Å². The molecule has 0 aliphatic carbocycles. The minimum Gasteiger partial charge on any atom is -0.380 e. The van der Waals surface area contributed by atoms with Gasteiger partial charge < -0.3 is 19.3 Å². The molecule has 1 aliphatic rings. The van der Waals surface area contributed by atoms with E-state index in [1.165, 1.54) is 0 Å². The molecule has 0 spiro atoms. The number of methoxy groups -OCH3 is 1. The first-order valence-corrected chi connectivity index (χ1v) is 5.50. The molecule has 0 bridgehead atoms. The van der Waals surface area contributed by atoms with Gasteiger partial charge in [-0.25, -0.2) is 0 Å². The van der Waals surface area contributed by atoms with Crippen LogP contribution in [0.1, 0.15) is 31.1 Å². The van der Waals surface area contributed by atoms with E-state index in [0.717, 1.165) is 13.0 Å². The quantitative estimate of drug-likeness (QED) is 0.796. The van der Waals surface area contributed by atoms with Crippen LogP contribution in [-0.4, -0.2) is 36.5 Å². The average Bonchev–Trinajstić information content (AvgIpc) is 2.94. The summed E-state index contributed by atoms with van der Waals surface area (Å²) in [6, 6.07) is 0.104. The Balaban J connectivity index is 1.92. The van der Waals surface area contributed by atoms with Crippen LogP contribution in [0.3, 0.4) is 0 Å². The highest BCUT2D eigenvalue weighted by atomic mass is 16.5. The summed E-state index contributed by atoms with van der Waals surface area (Å²) in [5, 5.41) is 7.14. The minimum absolute atomic E-state index is 0.104. The van der Waals surface area contributed by atoms with Crippen molar-refractivity contribution >= 4 is 0 Å². The molecule has 0 saturated carbocycles. The van der Waals surface area contributed by atoms with Gasteiger partial charge in [0, 0.05) is 20.3 Å². The summed E-state index contributed by atoms with van der Waals surface area (Å²) in [4.78, 5) is 4.28. The molecule has 0 unspecified atom stereocenters. The van der Waals surface area contributed by atoms with Gasteiger partial charge in [0.2, 0.25) is 5.89 Å². The van der Waals surface area contributed by atoms with Crippen molar-refractivity contribution in [1.29, 1.82) is 0 Å². The summed E-state index contributed by atoms with van der Waals surface area (Å²) in [7, 11) is 1.71. The summed E-state index contributed by atoms with van der Waals surface area (Å²) in [5.41, 5.74) is 0. The zero-order chi connectivity index (χ0) is 11.4. The summed E-state index contributed by atoms with van der Waals surface area (Å²) in [5.74, 6) is 1.22. The van der Waals surface area contributed by atoms with Crippen LogP contribution in [0.15, 0.2) is 4.52 Å². The Hall–Kier alpha value is -0.980. The van der Waals surface area contributed by atoms with Crippen molar-refractivity contribution in [3.8, 4) is 0 Å². The second-order valence-electron chi connectivity index (χ2n) is 3.74. The third-order valence-electron chi connectivity index (χ3n) is 2.64. The number of aromatic nitrogens is 2. The van der Waals surface area contributed by atoms with Crippen LogP contribution < -0.4 is 5.32 Å². The SMILES string of the molecule is CCOCc1noc([C@H]2C[C@H](OC)CN2)n1. The molecule has 1 saturated heterocycles. The Bertz CT molecular complexity index is 329. The van der Waals surface area contributed by atoms with Gasteiger partial charge in [-0.05, 0) is 13.3 Å². The molecule has 1 N–H and O–H groups in total. The third-order valence-corrected chi connectivity index (χ3v) is 2.64. The largest absolute Gasteiger partial charge is 0.380 e. The standard InChI is InChI=1S/C10H17N3O3/c1-3-15-6-9-12-10(16-13-9)8-4-7(14-2)5-11-8/h7-8,11H,3-6H2,1-2H3/t7-,8+/m0/s1. The van der Waals surface area contributed by atoms with Gasteiger partial charge in [0.1, 0.15) is 6.61 Å². The van der Waals surface area contributed by atoms with E-state index < -0.39 is 0 Å². The van der Waals surface area contributed by atoms with Crippen molar-refractivity contribution in [3.63, 3.8) is 0 Å². The normalized spacial score (nSPS) is 25.1. The smallest absolute Gasteiger partial charge is 0.243 e. The van der Waals surface area contributed by atoms with Crippen LogP contribution in [0.25, 0.3) is 0 Å². The molecular weight excluding hydrogens is 210 g/mol. The van der Waals surface area contributed by atoms with Crippen LogP contribution in [0.4, 0.5) is 0 Å². The number of hydrogen-bond acceptors (Lipinski definition) is 6. The lowest BCUT2D eigenvalue weighted by molar-refractivity contribution is 0.116. The Morgan fingerprint density at radius 1 is 1.56 bits per heavy atom. The average molecular weight is 227 g/mol. The van der Waals surface area contributed by atoms with Crippen molar-refractivity contribution in [3.05, 3.63) is 11.7 Å². The number of ether oxygens (including phenoxy) is 2. The third kappa shape index (κ3) is 2.58. The molecule has 6 nitrogen and oxygen atoms in total. The minimum atomic E-state index is 0.104. The Morgan fingerprint density at radius 3 is 3.12 bits per heavy atom. The monoisotopic (exact) mass is 227 g/mol. The number of nitrogens with zero attached hydrogens (tertiary/aromatic N) is 2. The number of rotatable bonds is 5. The van der Waals surface area contributed by atoms with Gasteiger partial charge in [0.05, 0.1) is 12.1 Å². The predicted octanol–water partition coefficient (Wildman–Crippen LogP) is 0.655. The van der Waals surface area contributed by atoms with E-state index >= 15 is 0 Å². The molecule has 2 rings (SSSR count). The zero-order valence-corrected chi connectivity index (χ0v) is 9.60. The summed E-state index contributed by atoms with van der Waals surface area (Å²) in [6.45, 7) is 3.81. The van der Waals surface area contributed by atoms with Crippen molar-refractivity contribution in [2.75, 3.05) is 20.3 Å². The fourth-order valence-corrected chi connectivity index (χ4v) is 1.73. The lowest BCUT2D eigenvalue weighted by Gasteiger charge is -2.04. The van der Waals surface area contributed by atoms with E-state index in [9.17, 15) is 0 Å². The maximum absolute atomic E-state index is 5.26. The molecule has 0 radical (unpaired) electrons. The van der Waals surface area contributed by atoms with Crippen molar-refractivity contribution in [1.82, 2.24) is 15.5 Å². The summed E-state index contributed by atoms with van der Waals surface area (Å²) >= 11 is 0. The zero-order valence-electron chi connectivity index (χ0n) is 9.60. The van der Waals surface area contributed by atoms with E-state index in [2.05, 4.69) is 15.5 Å². The van der Waals surface area contributed by atoms with Crippen LogP contribution in [-0.2, 0) is 16.1 Å². The second kappa shape index (κ2) is 5.38. The van der Waals surface area contributed by atoms with Crippen molar-refractivity contribution in [2.45, 2.75) is 32.1 Å². The van der Waals surface area contributed by atoms with Gasteiger partial charge in [-0.15, -0.1) is 0 Å². The van der Waals surface area contributed by atoms with E-state index in [1.54, 1.807) is 7.11 Å². The van der Waals surface area contributed by atoms with Gasteiger partial charge in [0.25, 0.3) is 0 Å². The molecular formula is C10H17N3O3. The van der Waals surface area contributed by atoms with Gasteiger partial charge in [-0.1, -0.05) is 5.16 Å². The molecule has 90 valence electrons. The highest BCUT2D eigenvalue weighted by molar-refractivity contribution is 4.97. The van der Waals surface area contributed by atoms with Gasteiger partial charge in [0.15, 0.2) is 5.82 Å². The first-order chi connectivity index (χ1) is 7.83. The molecule has 6 heteroatoms. The van der Waals surface area contributed by atoms with Gasteiger partial charge >= 0.3 is 0 Å². The Labute approximate surface area is 94.3 Å². The summed E-state index contributed by atoms with van der Waals surface area (Å²) in [6.07, 6.45) is 1.10. The lowest BCUT2D eigenvalue weighted by atomic mass is 10.2. The lowest BCUT2D eigenvalue weighted by Crippen LogP contribution is -2.16. The molecule has 0 aromatic carbocycles. The Kier molecular flexibility index (Phi) is 3.87. The van der Waals surface area contributed by atoms with E-state index in [4.69, 9.17) is 14.0 Å². The van der Waals surface area contributed by atoms with E-state index in [-0.39, 0.29) is 12.1 Å². The first-order valence-electron chi connectivity index (χ1n) is 5.50. The predicted molar refractivity (Wildman–Crippen MR) is 55.8 cm³/mol. The van der Waals surface area contributed by atoms with E-state index in [0.29, 0.717) is 24.9 Å². The maximum Gasteiger partial charge on any atom is 0.243 e. The van der Waals surface area contributed by atoms with Crippen LogP contribution in [0, 0.1) is 0 Å². The molecule has 1 aliphatic heterocycles. The number of hydrogen-bond donors (Lipinski definition) is 1. The van der Waals surface area contributed by atoms with Crippen molar-refractivity contribution < 1.29 is 14.0 Å². The van der Waals surface area contributed by atoms with Crippen LogP contribution in [0.2, 0.25) is 0 Å². The number of nitrogens with one attached hydrogen (secondary N) is 1. The molecule has 1 aromatic rings. The van der Waals surface area contributed by atoms with E-state index in [1.807, 2.05) is 6.92 Å². The highest BCUT2D eigenvalue weighted by Crippen LogP contribution is 2.23. The molecule has 0 amide bonds. The first kappa shape index (κ1) is 11.5. The highest BCUT2D eigenvalue weighted by Gasteiger charge is 2.29.